The van der Waals surface area contributed by atoms with E-state index in [1.807, 2.05) is 61.4 Å². The fourth-order valence-corrected chi connectivity index (χ4v) is 5.95. The van der Waals surface area contributed by atoms with Gasteiger partial charge in [-0.25, -0.2) is 0 Å². The first kappa shape index (κ1) is 44.2. The predicted molar refractivity (Wildman–Crippen MR) is 248 cm³/mol. The summed E-state index contributed by atoms with van der Waals surface area (Å²) in [4.78, 5) is 17.2. The van der Waals surface area contributed by atoms with Gasteiger partial charge in [0.05, 0.1) is 5.69 Å². The van der Waals surface area contributed by atoms with Gasteiger partial charge in [0.1, 0.15) is 0 Å². The summed E-state index contributed by atoms with van der Waals surface area (Å²) < 4.78 is 0. The van der Waals surface area contributed by atoms with E-state index in [1.165, 1.54) is 54.3 Å². The molecule has 0 saturated heterocycles. The average Bonchev–Trinajstić information content (AvgIpc) is 3.16. The van der Waals surface area contributed by atoms with Crippen molar-refractivity contribution in [1.29, 1.82) is 0 Å². The van der Waals surface area contributed by atoms with Gasteiger partial charge in [-0.2, -0.15) is 0 Å². The Balaban J connectivity index is 0.000000163. The molecule has 0 aliphatic rings. The summed E-state index contributed by atoms with van der Waals surface area (Å²) in [7, 11) is 0. The molecule has 8 rings (SSSR count). The Kier molecular flexibility index (Phi) is 14.8. The fraction of sp³-hybridized carbons (Fsp3) is 0.321. The quantitative estimate of drug-likeness (QED) is 0.155. The highest BCUT2D eigenvalue weighted by atomic mass is 14.7. The van der Waals surface area contributed by atoms with E-state index in [0.29, 0.717) is 5.41 Å². The van der Waals surface area contributed by atoms with E-state index in [4.69, 9.17) is 0 Å². The third-order valence-corrected chi connectivity index (χ3v) is 8.81. The van der Waals surface area contributed by atoms with Gasteiger partial charge in [-0.3, -0.25) is 19.9 Å². The predicted octanol–water partition coefficient (Wildman–Crippen LogP) is 14.9. The van der Waals surface area contributed by atoms with Crippen LogP contribution in [0.5, 0.6) is 0 Å². The Hall–Kier alpha value is -5.48. The minimum atomic E-state index is 0.112. The standard InChI is InChI=1S/3C13H15N.C9H7N.C5H12/c1-13(2,3)12-9-14-8-10-6-4-5-7-11(10)12;1-13(2,3)12-8-10-6-4-5-7-11(10)9-14-12;1-13(2,3)12-11-7-5-4-6-10(11)8-9-14-12;1-2-4-9-7-10-6-5-8(9)3-1;1-5(2,3)4/h3*4-9H,1-3H3;1-7H;1-4H3. The number of fused-ring (bicyclic) bond motifs is 4. The number of hydrogen-bond acceptors (Lipinski definition) is 4. The lowest BCUT2D eigenvalue weighted by Gasteiger charge is -2.20. The Bertz CT molecular complexity index is 2290. The maximum atomic E-state index is 4.48. The summed E-state index contributed by atoms with van der Waals surface area (Å²) in [5, 5.41) is 10.0. The number of nitrogens with zero attached hydrogens (tertiary/aromatic N) is 4. The zero-order chi connectivity index (χ0) is 41.9. The lowest BCUT2D eigenvalue weighted by Crippen LogP contribution is -2.13. The fourth-order valence-electron chi connectivity index (χ4n) is 5.95. The van der Waals surface area contributed by atoms with E-state index in [-0.39, 0.29) is 16.2 Å². The van der Waals surface area contributed by atoms with E-state index in [2.05, 4.69) is 201 Å². The molecule has 8 aromatic rings. The van der Waals surface area contributed by atoms with E-state index in [9.17, 15) is 0 Å². The zero-order valence-corrected chi connectivity index (χ0v) is 36.7. The SMILES string of the molecule is CC(C)(C)C.CC(C)(C)c1cc2ccccc2cn1.CC(C)(C)c1cncc2ccccc12.CC(C)(C)c1nccc2ccccc12.c1ccc2cnccc2c1. The van der Waals surface area contributed by atoms with Gasteiger partial charge in [-0.15, -0.1) is 0 Å². The molecule has 0 spiro atoms. The average molecular weight is 757 g/mol. The van der Waals surface area contributed by atoms with Crippen molar-refractivity contribution < 1.29 is 0 Å². The maximum absolute atomic E-state index is 4.48. The van der Waals surface area contributed by atoms with Gasteiger partial charge in [-0.05, 0) is 61.5 Å². The van der Waals surface area contributed by atoms with Crippen LogP contribution in [0.3, 0.4) is 0 Å². The molecule has 4 aromatic carbocycles. The summed E-state index contributed by atoms with van der Waals surface area (Å²) in [6.07, 6.45) is 11.4. The van der Waals surface area contributed by atoms with E-state index in [1.54, 1.807) is 0 Å². The van der Waals surface area contributed by atoms with Crippen LogP contribution in [0.2, 0.25) is 0 Å². The summed E-state index contributed by atoms with van der Waals surface area (Å²) >= 11 is 0. The molecular weight excluding hydrogens is 693 g/mol. The van der Waals surface area contributed by atoms with E-state index in [0.717, 1.165) is 5.69 Å². The molecule has 0 aliphatic heterocycles. The van der Waals surface area contributed by atoms with Gasteiger partial charge in [0, 0.05) is 69.9 Å². The molecule has 4 heterocycles. The normalized spacial score (nSPS) is 11.6. The van der Waals surface area contributed by atoms with Crippen molar-refractivity contribution >= 4 is 43.1 Å². The minimum absolute atomic E-state index is 0.112. The summed E-state index contributed by atoms with van der Waals surface area (Å²) in [5.41, 5.74) is 4.54. The smallest absolute Gasteiger partial charge is 0.0535 e. The topological polar surface area (TPSA) is 51.6 Å². The molecule has 0 atom stereocenters. The molecule has 4 aromatic heterocycles. The van der Waals surface area contributed by atoms with Crippen LogP contribution in [0.25, 0.3) is 43.1 Å². The second kappa shape index (κ2) is 19.1. The minimum Gasteiger partial charge on any atom is -0.264 e. The van der Waals surface area contributed by atoms with Crippen LogP contribution in [0.4, 0.5) is 0 Å². The van der Waals surface area contributed by atoms with Crippen LogP contribution >= 0.6 is 0 Å². The summed E-state index contributed by atoms with van der Waals surface area (Å²) in [6.45, 7) is 28.5. The summed E-state index contributed by atoms with van der Waals surface area (Å²) in [6, 6.07) is 39.6. The number of hydrogen-bond donors (Lipinski definition) is 0. The first-order valence-corrected chi connectivity index (χ1v) is 20.0. The molecule has 0 radical (unpaired) electrons. The third kappa shape index (κ3) is 13.9. The third-order valence-electron chi connectivity index (χ3n) is 8.81. The van der Waals surface area contributed by atoms with Crippen molar-refractivity contribution in [2.24, 2.45) is 5.41 Å². The molecule has 4 nitrogen and oxygen atoms in total. The monoisotopic (exact) mass is 757 g/mol. The lowest BCUT2D eigenvalue weighted by atomic mass is 9.85. The second-order valence-corrected chi connectivity index (χ2v) is 19.2. The van der Waals surface area contributed by atoms with Gasteiger partial charge in [0.25, 0.3) is 0 Å². The maximum Gasteiger partial charge on any atom is 0.0535 e. The molecule has 0 N–H and O–H groups in total. The molecular formula is C53H64N4. The summed E-state index contributed by atoms with van der Waals surface area (Å²) in [5.74, 6) is 0. The van der Waals surface area contributed by atoms with Crippen LogP contribution in [-0.2, 0) is 16.2 Å². The van der Waals surface area contributed by atoms with E-state index >= 15 is 0 Å². The van der Waals surface area contributed by atoms with Crippen LogP contribution in [0.15, 0.2) is 152 Å². The Morgan fingerprint density at radius 2 is 0.825 bits per heavy atom. The van der Waals surface area contributed by atoms with Crippen molar-refractivity contribution in [1.82, 2.24) is 19.9 Å². The van der Waals surface area contributed by atoms with Gasteiger partial charge >= 0.3 is 0 Å². The van der Waals surface area contributed by atoms with Crippen LogP contribution < -0.4 is 0 Å². The molecule has 0 aliphatic carbocycles. The highest BCUT2D eigenvalue weighted by Gasteiger charge is 2.18. The zero-order valence-electron chi connectivity index (χ0n) is 36.7. The van der Waals surface area contributed by atoms with Crippen molar-refractivity contribution in [3.05, 3.63) is 169 Å². The van der Waals surface area contributed by atoms with Crippen molar-refractivity contribution in [3.8, 4) is 0 Å². The number of pyridine rings is 4. The molecule has 57 heavy (non-hydrogen) atoms. The second-order valence-electron chi connectivity index (χ2n) is 19.2. The van der Waals surface area contributed by atoms with E-state index < -0.39 is 0 Å². The van der Waals surface area contributed by atoms with Crippen molar-refractivity contribution in [2.45, 2.75) is 106 Å². The molecule has 0 fully saturated rings. The first-order chi connectivity index (χ1) is 26.7. The molecule has 0 saturated carbocycles. The number of rotatable bonds is 0. The van der Waals surface area contributed by atoms with Crippen LogP contribution in [0, 0.1) is 5.41 Å². The van der Waals surface area contributed by atoms with Gasteiger partial charge < -0.3 is 0 Å². The highest BCUT2D eigenvalue weighted by molar-refractivity contribution is 5.86. The Morgan fingerprint density at radius 3 is 1.39 bits per heavy atom. The highest BCUT2D eigenvalue weighted by Crippen LogP contribution is 2.29. The largest absolute Gasteiger partial charge is 0.264 e. The lowest BCUT2D eigenvalue weighted by molar-refractivity contribution is 0.469. The van der Waals surface area contributed by atoms with Crippen LogP contribution in [0.1, 0.15) is 107 Å². The van der Waals surface area contributed by atoms with Crippen molar-refractivity contribution in [2.75, 3.05) is 0 Å². The molecule has 0 unspecified atom stereocenters. The molecule has 0 bridgehead atoms. The van der Waals surface area contributed by atoms with Gasteiger partial charge in [0.2, 0.25) is 0 Å². The van der Waals surface area contributed by atoms with Crippen molar-refractivity contribution in [3.63, 3.8) is 0 Å². The Labute approximate surface area is 342 Å². The first-order valence-electron chi connectivity index (χ1n) is 20.0. The van der Waals surface area contributed by atoms with Gasteiger partial charge in [0.15, 0.2) is 0 Å². The van der Waals surface area contributed by atoms with Crippen LogP contribution in [-0.4, -0.2) is 19.9 Å². The molecule has 4 heteroatoms. The molecule has 296 valence electrons. The van der Waals surface area contributed by atoms with Gasteiger partial charge in [-0.1, -0.05) is 187 Å². The number of benzene rings is 4. The molecule has 0 amide bonds. The Morgan fingerprint density at radius 1 is 0.351 bits per heavy atom. The number of aromatic nitrogens is 4.